The number of nitrogens with zero attached hydrogens (tertiary/aromatic N) is 3. The van der Waals surface area contributed by atoms with Crippen LogP contribution < -0.4 is 4.90 Å². The fourth-order valence-electron chi connectivity index (χ4n) is 5.01. The van der Waals surface area contributed by atoms with Crippen LogP contribution in [-0.2, 0) is 23.2 Å². The maximum Gasteiger partial charge on any atom is 0.328 e. The molecule has 3 aromatic carbocycles. The Bertz CT molecular complexity index is 1490. The zero-order chi connectivity index (χ0) is 26.6. The molecule has 1 N–H and O–H groups in total. The van der Waals surface area contributed by atoms with E-state index in [1.54, 1.807) is 23.1 Å². The Morgan fingerprint density at radius 1 is 1.05 bits per heavy atom. The van der Waals surface area contributed by atoms with Crippen molar-refractivity contribution < 1.29 is 16.1 Å². The van der Waals surface area contributed by atoms with Gasteiger partial charge in [0, 0.05) is 30.1 Å². The molecule has 1 heterocycles. The second-order valence-electron chi connectivity index (χ2n) is 9.60. The van der Waals surface area contributed by atoms with Gasteiger partial charge in [-0.1, -0.05) is 61.7 Å². The summed E-state index contributed by atoms with van der Waals surface area (Å²) in [4.78, 5) is 26.4. The fourth-order valence-corrected chi connectivity index (χ4v) is 5.01. The van der Waals surface area contributed by atoms with Crippen LogP contribution in [0.3, 0.4) is 0 Å². The molecule has 1 aromatic heterocycles. The van der Waals surface area contributed by atoms with Gasteiger partial charge in [0.25, 0.3) is 0 Å². The van der Waals surface area contributed by atoms with Gasteiger partial charge in [-0.2, -0.15) is 5.10 Å². The Balaban J connectivity index is 1.46. The highest BCUT2D eigenvalue weighted by molar-refractivity contribution is 5.95. The van der Waals surface area contributed by atoms with Crippen molar-refractivity contribution in [2.75, 3.05) is 4.90 Å². The van der Waals surface area contributed by atoms with Crippen LogP contribution in [0.15, 0.2) is 79.0 Å². The Kier molecular flexibility index (Phi) is 6.80. The smallest absolute Gasteiger partial charge is 0.328 e. The van der Waals surface area contributed by atoms with Gasteiger partial charge in [-0.25, -0.2) is 4.79 Å². The number of hydrogen-bond acceptors (Lipinski definition) is 3. The van der Waals surface area contributed by atoms with Gasteiger partial charge in [-0.3, -0.25) is 9.48 Å². The van der Waals surface area contributed by atoms with Gasteiger partial charge < -0.3 is 10.0 Å². The quantitative estimate of drug-likeness (QED) is 0.300. The number of carboxylic acid groups (broad SMARTS) is 1. The second-order valence-corrected chi connectivity index (χ2v) is 9.60. The van der Waals surface area contributed by atoms with E-state index in [2.05, 4.69) is 23.3 Å². The summed E-state index contributed by atoms with van der Waals surface area (Å²) in [6, 6.07) is 21.2. The van der Waals surface area contributed by atoms with E-state index in [4.69, 9.17) is 6.48 Å². The van der Waals surface area contributed by atoms with Crippen LogP contribution >= 0.6 is 0 Å². The number of amides is 1. The van der Waals surface area contributed by atoms with Crippen LogP contribution in [0.4, 0.5) is 5.69 Å². The first kappa shape index (κ1) is 23.2. The summed E-state index contributed by atoms with van der Waals surface area (Å²) in [5.74, 6) is -1.19. The lowest BCUT2D eigenvalue weighted by Gasteiger charge is -2.30. The highest BCUT2D eigenvalue weighted by Crippen LogP contribution is 2.30. The molecule has 0 radical (unpaired) electrons. The zero-order valence-electron chi connectivity index (χ0n) is 21.9. The zero-order valence-corrected chi connectivity index (χ0v) is 20.9. The summed E-state index contributed by atoms with van der Waals surface area (Å²) in [7, 11) is 1.92. The van der Waals surface area contributed by atoms with Gasteiger partial charge in [-0.15, -0.1) is 0 Å². The van der Waals surface area contributed by atoms with E-state index < -0.39 is 12.5 Å². The average molecular weight is 495 g/mol. The normalized spacial score (nSPS) is 15.5. The fraction of sp³-hybridized carbons (Fsp3) is 0.258. The lowest BCUT2D eigenvalue weighted by Crippen LogP contribution is -2.36. The first-order chi connectivity index (χ1) is 18.4. The van der Waals surface area contributed by atoms with Crippen LogP contribution in [0, 0.1) is 5.92 Å². The Labute approximate surface area is 218 Å². The largest absolute Gasteiger partial charge is 0.478 e. The van der Waals surface area contributed by atoms with E-state index in [9.17, 15) is 9.59 Å². The first-order valence-corrected chi connectivity index (χ1v) is 12.7. The predicted octanol–water partition coefficient (Wildman–Crippen LogP) is 6.45. The molecule has 1 fully saturated rings. The number of aliphatic carboxylic acids is 1. The first-order valence-electron chi connectivity index (χ1n) is 13.3. The Hall–Kier alpha value is -4.19. The molecule has 1 amide bonds. The van der Waals surface area contributed by atoms with Gasteiger partial charge in [0.15, 0.2) is 0 Å². The molecule has 1 atom stereocenters. The van der Waals surface area contributed by atoms with Crippen molar-refractivity contribution in [3.8, 4) is 11.1 Å². The number of carbonyl (C=O) groups excluding carboxylic acids is 1. The second kappa shape index (κ2) is 10.8. The molecular weight excluding hydrogens is 462 g/mol. The maximum atomic E-state index is 13.8. The van der Waals surface area contributed by atoms with E-state index in [1.807, 2.05) is 48.3 Å². The summed E-state index contributed by atoms with van der Waals surface area (Å²) in [5.41, 5.74) is 5.13. The number of carbonyl (C=O) groups is 2. The summed E-state index contributed by atoms with van der Waals surface area (Å²) in [5, 5.41) is 14.4. The lowest BCUT2D eigenvalue weighted by molar-refractivity contribution is -0.131. The van der Waals surface area contributed by atoms with Crippen molar-refractivity contribution >= 4 is 34.5 Å². The number of carboxylic acids is 1. The summed E-state index contributed by atoms with van der Waals surface area (Å²) in [6.07, 6.45) is 9.26. The lowest BCUT2D eigenvalue weighted by atomic mass is 9.88. The molecular formula is C31H31N3O3. The van der Waals surface area contributed by atoms with Crippen molar-refractivity contribution in [2.24, 2.45) is 13.0 Å². The predicted molar refractivity (Wildman–Crippen MR) is 147 cm³/mol. The molecule has 37 heavy (non-hydrogen) atoms. The Morgan fingerprint density at radius 2 is 1.81 bits per heavy atom. The molecule has 1 unspecified atom stereocenters. The van der Waals surface area contributed by atoms with Crippen LogP contribution in [0.2, 0.25) is 0 Å². The number of benzene rings is 3. The molecule has 1 aliphatic rings. The molecule has 0 saturated heterocycles. The molecule has 5 rings (SSSR count). The van der Waals surface area contributed by atoms with Gasteiger partial charge in [0.2, 0.25) is 5.91 Å². The number of rotatable bonds is 7. The third-order valence-corrected chi connectivity index (χ3v) is 7.03. The third-order valence-electron chi connectivity index (χ3n) is 7.03. The molecule has 188 valence electrons. The van der Waals surface area contributed by atoms with Crippen LogP contribution in [0.1, 0.15) is 44.6 Å². The monoisotopic (exact) mass is 494 g/mol. The summed E-state index contributed by atoms with van der Waals surface area (Å²) in [6.45, 7) is -0.932. The highest BCUT2D eigenvalue weighted by Gasteiger charge is 2.27. The van der Waals surface area contributed by atoms with Crippen molar-refractivity contribution in [2.45, 2.75) is 38.6 Å². The summed E-state index contributed by atoms with van der Waals surface area (Å²) < 4.78 is 11.0. The molecule has 6 heteroatoms. The summed E-state index contributed by atoms with van der Waals surface area (Å²) >= 11 is 0. The van der Waals surface area contributed by atoms with E-state index in [-0.39, 0.29) is 11.8 Å². The molecule has 0 spiro atoms. The van der Waals surface area contributed by atoms with Crippen molar-refractivity contribution in [3.05, 3.63) is 90.1 Å². The van der Waals surface area contributed by atoms with Gasteiger partial charge in [-0.05, 0) is 65.4 Å². The number of aryl methyl sites for hydroxylation is 1. The van der Waals surface area contributed by atoms with Crippen LogP contribution in [0.25, 0.3) is 28.1 Å². The Morgan fingerprint density at radius 3 is 2.57 bits per heavy atom. The number of fused-ring (bicyclic) bond motifs is 1. The minimum Gasteiger partial charge on any atom is -0.478 e. The number of hydrogen-bond donors (Lipinski definition) is 1. The van der Waals surface area contributed by atoms with Gasteiger partial charge in [0.05, 0.1) is 19.6 Å². The highest BCUT2D eigenvalue weighted by atomic mass is 16.4. The minimum absolute atomic E-state index is 0.0461. The van der Waals surface area contributed by atoms with E-state index in [0.717, 1.165) is 60.2 Å². The van der Waals surface area contributed by atoms with E-state index >= 15 is 0 Å². The molecule has 1 saturated carbocycles. The third kappa shape index (κ3) is 5.64. The van der Waals surface area contributed by atoms with Crippen molar-refractivity contribution in [1.82, 2.24) is 9.78 Å². The average Bonchev–Trinajstić information content (AvgIpc) is 3.32. The number of aromatic nitrogens is 2. The van der Waals surface area contributed by atoms with Gasteiger partial charge >= 0.3 is 5.97 Å². The van der Waals surface area contributed by atoms with E-state index in [0.29, 0.717) is 16.8 Å². The van der Waals surface area contributed by atoms with Crippen molar-refractivity contribution in [3.63, 3.8) is 0 Å². The van der Waals surface area contributed by atoms with E-state index in [1.165, 1.54) is 6.08 Å². The molecule has 0 bridgehead atoms. The molecule has 4 aromatic rings. The van der Waals surface area contributed by atoms with Crippen molar-refractivity contribution in [1.29, 1.82) is 0 Å². The minimum atomic E-state index is -1.04. The van der Waals surface area contributed by atoms with Gasteiger partial charge in [0.1, 0.15) is 0 Å². The SMILES string of the molecule is [2H]C(c1ccc(-c2ccc3c(cnn3C)c2)cc1)N(C(=O)C1CCCCC1)c1cccc(/C=C/C(=O)O)c1. The standard InChI is InChI=1S/C31H31N3O3/c1-33-29-16-15-26(19-27(29)20-32-33)24-13-10-23(11-14-24)21-34(31(37)25-7-3-2-4-8-25)28-9-5-6-22(18-28)12-17-30(35)36/h5-6,9-20,25H,2-4,7-8,21H2,1H3,(H,35,36)/b17-12+/i21D. The molecule has 6 nitrogen and oxygen atoms in total. The topological polar surface area (TPSA) is 75.4 Å². The maximum absolute atomic E-state index is 13.8. The van der Waals surface area contributed by atoms with Crippen LogP contribution in [0.5, 0.6) is 0 Å². The van der Waals surface area contributed by atoms with Crippen LogP contribution in [-0.4, -0.2) is 26.8 Å². The molecule has 1 aliphatic carbocycles. The molecule has 0 aliphatic heterocycles. The number of anilines is 1.